The molecule has 0 bridgehead atoms. The Morgan fingerprint density at radius 2 is 2.38 bits per heavy atom. The van der Waals surface area contributed by atoms with Gasteiger partial charge in [0.15, 0.2) is 0 Å². The molecular weight excluding hydrogens is 162 g/mol. The molecule has 0 aliphatic heterocycles. The fraction of sp³-hybridized carbons (Fsp3) is 0.0909. The fourth-order valence-corrected chi connectivity index (χ4v) is 0.994. The molecule has 1 aromatic carbocycles. The van der Waals surface area contributed by atoms with Gasteiger partial charge in [-0.15, -0.1) is 5.73 Å². The summed E-state index contributed by atoms with van der Waals surface area (Å²) in [4.78, 5) is 11.1. The maximum absolute atomic E-state index is 11.1. The van der Waals surface area contributed by atoms with E-state index in [-0.39, 0.29) is 5.91 Å². The Hall–Kier alpha value is -1.79. The molecule has 0 heterocycles. The average molecular weight is 173 g/mol. The van der Waals surface area contributed by atoms with Crippen LogP contribution in [-0.4, -0.2) is 5.91 Å². The molecule has 0 spiro atoms. The first kappa shape index (κ1) is 9.30. The quantitative estimate of drug-likeness (QED) is 0.539. The molecule has 0 radical (unpaired) electrons. The summed E-state index contributed by atoms with van der Waals surface area (Å²) in [5.41, 5.74) is 4.32. The van der Waals surface area contributed by atoms with Crippen molar-refractivity contribution < 1.29 is 4.79 Å². The number of nitrogens with one attached hydrogen (secondary N) is 1. The molecule has 0 fully saturated rings. The predicted octanol–water partition coefficient (Wildman–Crippen LogP) is 2.27. The van der Waals surface area contributed by atoms with Gasteiger partial charge in [-0.05, 0) is 24.6 Å². The minimum Gasteiger partial charge on any atom is -0.322 e. The van der Waals surface area contributed by atoms with Gasteiger partial charge in [0.1, 0.15) is 0 Å². The summed E-state index contributed by atoms with van der Waals surface area (Å²) in [6, 6.07) is 7.60. The van der Waals surface area contributed by atoms with Gasteiger partial charge >= 0.3 is 0 Å². The number of rotatable bonds is 2. The zero-order valence-electron chi connectivity index (χ0n) is 7.50. The summed E-state index contributed by atoms with van der Waals surface area (Å²) in [7, 11) is 0. The lowest BCUT2D eigenvalue weighted by atomic mass is 10.2. The van der Waals surface area contributed by atoms with E-state index in [0.29, 0.717) is 0 Å². The molecule has 0 aromatic heterocycles. The highest BCUT2D eigenvalue weighted by Gasteiger charge is 1.95. The number of benzene rings is 1. The SMILES string of the molecule is C=C=CC(=O)Nc1cccc(C)c1. The van der Waals surface area contributed by atoms with Crippen LogP contribution in [0.25, 0.3) is 0 Å². The lowest BCUT2D eigenvalue weighted by Gasteiger charge is -2.01. The largest absolute Gasteiger partial charge is 0.322 e. The van der Waals surface area contributed by atoms with Crippen molar-refractivity contribution in [3.63, 3.8) is 0 Å². The third-order valence-electron chi connectivity index (χ3n) is 1.52. The molecule has 0 atom stereocenters. The summed E-state index contributed by atoms with van der Waals surface area (Å²) < 4.78 is 0. The van der Waals surface area contributed by atoms with Crippen molar-refractivity contribution in [2.24, 2.45) is 0 Å². The highest BCUT2D eigenvalue weighted by Crippen LogP contribution is 2.08. The fourth-order valence-electron chi connectivity index (χ4n) is 0.994. The number of carbonyl (C=O) groups is 1. The van der Waals surface area contributed by atoms with E-state index in [9.17, 15) is 4.79 Å². The summed E-state index contributed by atoms with van der Waals surface area (Å²) in [6.45, 7) is 5.29. The first-order valence-electron chi connectivity index (χ1n) is 3.96. The topological polar surface area (TPSA) is 29.1 Å². The number of anilines is 1. The van der Waals surface area contributed by atoms with Gasteiger partial charge < -0.3 is 5.32 Å². The van der Waals surface area contributed by atoms with Gasteiger partial charge in [0.05, 0.1) is 0 Å². The maximum atomic E-state index is 11.1. The van der Waals surface area contributed by atoms with Crippen LogP contribution in [-0.2, 0) is 4.79 Å². The second-order valence-corrected chi connectivity index (χ2v) is 2.71. The molecule has 0 aliphatic rings. The average Bonchev–Trinajstić information content (AvgIpc) is 2.04. The van der Waals surface area contributed by atoms with Crippen molar-refractivity contribution in [2.45, 2.75) is 6.92 Å². The van der Waals surface area contributed by atoms with Crippen LogP contribution in [0.5, 0.6) is 0 Å². The first-order valence-corrected chi connectivity index (χ1v) is 3.96. The van der Waals surface area contributed by atoms with E-state index in [4.69, 9.17) is 0 Å². The van der Waals surface area contributed by atoms with Gasteiger partial charge in [-0.1, -0.05) is 18.7 Å². The minimum absolute atomic E-state index is 0.208. The Balaban J connectivity index is 2.74. The van der Waals surface area contributed by atoms with Crippen molar-refractivity contribution in [3.05, 3.63) is 48.2 Å². The van der Waals surface area contributed by atoms with E-state index in [0.717, 1.165) is 11.3 Å². The molecule has 1 N–H and O–H groups in total. The molecule has 1 aromatic rings. The van der Waals surface area contributed by atoms with Gasteiger partial charge in [0, 0.05) is 11.8 Å². The summed E-state index contributed by atoms with van der Waals surface area (Å²) in [5, 5.41) is 2.69. The molecule has 13 heavy (non-hydrogen) atoms. The number of hydrogen-bond acceptors (Lipinski definition) is 1. The molecule has 2 nitrogen and oxygen atoms in total. The molecule has 1 amide bonds. The maximum Gasteiger partial charge on any atom is 0.256 e. The molecular formula is C11H11NO. The van der Waals surface area contributed by atoms with Crippen LogP contribution in [0.1, 0.15) is 5.56 Å². The van der Waals surface area contributed by atoms with Crippen LogP contribution in [0, 0.1) is 6.92 Å². The highest BCUT2D eigenvalue weighted by atomic mass is 16.1. The Kier molecular flexibility index (Phi) is 3.07. The van der Waals surface area contributed by atoms with Gasteiger partial charge in [0.2, 0.25) is 0 Å². The van der Waals surface area contributed by atoms with E-state index >= 15 is 0 Å². The third kappa shape index (κ3) is 2.97. The van der Waals surface area contributed by atoms with Crippen molar-refractivity contribution in [3.8, 4) is 0 Å². The Bertz CT molecular complexity index is 362. The summed E-state index contributed by atoms with van der Waals surface area (Å²) in [5.74, 6) is -0.208. The smallest absolute Gasteiger partial charge is 0.256 e. The lowest BCUT2D eigenvalue weighted by Crippen LogP contribution is -2.07. The van der Waals surface area contributed by atoms with Gasteiger partial charge in [-0.2, -0.15) is 0 Å². The zero-order valence-corrected chi connectivity index (χ0v) is 7.50. The van der Waals surface area contributed by atoms with E-state index in [1.165, 1.54) is 6.08 Å². The zero-order chi connectivity index (χ0) is 9.68. The first-order chi connectivity index (χ1) is 6.22. The number of carbonyl (C=O) groups excluding carboxylic acids is 1. The van der Waals surface area contributed by atoms with E-state index in [2.05, 4.69) is 17.6 Å². The van der Waals surface area contributed by atoms with Crippen molar-refractivity contribution in [2.75, 3.05) is 5.32 Å². The second-order valence-electron chi connectivity index (χ2n) is 2.71. The van der Waals surface area contributed by atoms with Gasteiger partial charge in [-0.25, -0.2) is 0 Å². The number of hydrogen-bond donors (Lipinski definition) is 1. The van der Waals surface area contributed by atoms with E-state index in [1.54, 1.807) is 0 Å². The Labute approximate surface area is 77.6 Å². The number of aryl methyl sites for hydroxylation is 1. The van der Waals surface area contributed by atoms with Crippen LogP contribution in [0.3, 0.4) is 0 Å². The van der Waals surface area contributed by atoms with Crippen LogP contribution < -0.4 is 5.32 Å². The summed E-state index contributed by atoms with van der Waals surface area (Å²) in [6.07, 6.45) is 1.27. The van der Waals surface area contributed by atoms with Crippen LogP contribution in [0.4, 0.5) is 5.69 Å². The molecule has 0 unspecified atom stereocenters. The third-order valence-corrected chi connectivity index (χ3v) is 1.52. The van der Waals surface area contributed by atoms with E-state index in [1.807, 2.05) is 31.2 Å². The van der Waals surface area contributed by atoms with Crippen LogP contribution >= 0.6 is 0 Å². The standard InChI is InChI=1S/C11H11NO/c1-3-5-11(13)12-10-7-4-6-9(2)8-10/h4-8H,1H2,2H3,(H,12,13). The second kappa shape index (κ2) is 4.29. The Morgan fingerprint density at radius 1 is 1.62 bits per heavy atom. The van der Waals surface area contributed by atoms with Crippen LogP contribution in [0.2, 0.25) is 0 Å². The number of amides is 1. The summed E-state index contributed by atoms with van der Waals surface area (Å²) >= 11 is 0. The minimum atomic E-state index is -0.208. The molecule has 0 aliphatic carbocycles. The Morgan fingerprint density at radius 3 is 3.00 bits per heavy atom. The van der Waals surface area contributed by atoms with E-state index < -0.39 is 0 Å². The monoisotopic (exact) mass is 173 g/mol. The molecule has 1 rings (SSSR count). The molecule has 2 heteroatoms. The molecule has 66 valence electrons. The van der Waals surface area contributed by atoms with Crippen LogP contribution in [0.15, 0.2) is 42.7 Å². The van der Waals surface area contributed by atoms with Crippen molar-refractivity contribution in [1.82, 2.24) is 0 Å². The predicted molar refractivity (Wildman–Crippen MR) is 53.5 cm³/mol. The molecule has 0 saturated carbocycles. The van der Waals surface area contributed by atoms with Gasteiger partial charge in [-0.3, -0.25) is 4.79 Å². The lowest BCUT2D eigenvalue weighted by molar-refractivity contribution is -0.111. The molecule has 0 saturated heterocycles. The normalized spacial score (nSPS) is 8.69. The van der Waals surface area contributed by atoms with Crippen molar-refractivity contribution in [1.29, 1.82) is 0 Å². The highest BCUT2D eigenvalue weighted by molar-refractivity contribution is 5.99. The van der Waals surface area contributed by atoms with Gasteiger partial charge in [0.25, 0.3) is 5.91 Å². The van der Waals surface area contributed by atoms with Crippen molar-refractivity contribution >= 4 is 11.6 Å².